The van der Waals surface area contributed by atoms with Crippen molar-refractivity contribution in [3.8, 4) is 0 Å². The molecule has 2 rings (SSSR count). The van der Waals surface area contributed by atoms with Crippen molar-refractivity contribution >= 4 is 0 Å². The summed E-state index contributed by atoms with van der Waals surface area (Å²) in [7, 11) is 0. The highest BCUT2D eigenvalue weighted by Crippen LogP contribution is 2.28. The second kappa shape index (κ2) is 7.63. The molecule has 1 aliphatic carbocycles. The fraction of sp³-hybridized carbons (Fsp3) is 0.625. The molecule has 19 heavy (non-hydrogen) atoms. The molecule has 0 heterocycles. The zero-order valence-corrected chi connectivity index (χ0v) is 11.8. The molecule has 0 spiro atoms. The summed E-state index contributed by atoms with van der Waals surface area (Å²) in [6.07, 6.45) is 3.20. The lowest BCUT2D eigenvalue weighted by atomic mass is 10.1. The maximum absolute atomic E-state index is 9.75. The zero-order valence-electron chi connectivity index (χ0n) is 11.8. The molecule has 1 aromatic rings. The summed E-state index contributed by atoms with van der Waals surface area (Å²) in [4.78, 5) is 0. The molecule has 0 amide bonds. The molecule has 1 fully saturated rings. The minimum absolute atomic E-state index is 0.393. The Morgan fingerprint density at radius 2 is 2.16 bits per heavy atom. The Bertz CT molecular complexity index is 377. The molecule has 106 valence electrons. The van der Waals surface area contributed by atoms with Gasteiger partial charge in [0, 0.05) is 13.2 Å². The number of hydrogen-bond acceptors (Lipinski definition) is 3. The standard InChI is InChI=1S/C16H25NO2/c1-13-4-2-3-5-15(13)8-9-17-10-16(18)12-19-11-14-6-7-14/h2-5,14,16-18H,6-12H2,1H3. The molecular formula is C16H25NO2. The largest absolute Gasteiger partial charge is 0.389 e. The van der Waals surface area contributed by atoms with Crippen LogP contribution in [0.15, 0.2) is 24.3 Å². The number of ether oxygens (including phenoxy) is 1. The molecule has 3 nitrogen and oxygen atoms in total. The van der Waals surface area contributed by atoms with Crippen LogP contribution in [0.4, 0.5) is 0 Å². The fourth-order valence-electron chi connectivity index (χ4n) is 2.10. The molecule has 1 atom stereocenters. The van der Waals surface area contributed by atoms with E-state index in [1.54, 1.807) is 0 Å². The van der Waals surface area contributed by atoms with Crippen LogP contribution in [0, 0.1) is 12.8 Å². The van der Waals surface area contributed by atoms with Crippen LogP contribution in [0.2, 0.25) is 0 Å². The minimum atomic E-state index is -0.393. The van der Waals surface area contributed by atoms with E-state index in [1.807, 2.05) is 0 Å². The van der Waals surface area contributed by atoms with E-state index < -0.39 is 6.10 Å². The molecule has 1 aromatic carbocycles. The number of aliphatic hydroxyl groups excluding tert-OH is 1. The first kappa shape index (κ1) is 14.5. The van der Waals surface area contributed by atoms with Gasteiger partial charge in [0.15, 0.2) is 0 Å². The highest BCUT2D eigenvalue weighted by molar-refractivity contribution is 5.25. The number of hydrogen-bond donors (Lipinski definition) is 2. The Balaban J connectivity index is 1.52. The van der Waals surface area contributed by atoms with Crippen LogP contribution in [0.3, 0.4) is 0 Å². The van der Waals surface area contributed by atoms with Gasteiger partial charge in [-0.15, -0.1) is 0 Å². The Labute approximate surface area is 116 Å². The lowest BCUT2D eigenvalue weighted by Crippen LogP contribution is -2.31. The summed E-state index contributed by atoms with van der Waals surface area (Å²) in [5.41, 5.74) is 2.70. The summed E-state index contributed by atoms with van der Waals surface area (Å²) in [5, 5.41) is 13.0. The van der Waals surface area contributed by atoms with Crippen molar-refractivity contribution in [3.05, 3.63) is 35.4 Å². The fourth-order valence-corrected chi connectivity index (χ4v) is 2.10. The van der Waals surface area contributed by atoms with E-state index in [9.17, 15) is 5.11 Å². The van der Waals surface area contributed by atoms with Crippen molar-refractivity contribution in [2.45, 2.75) is 32.3 Å². The van der Waals surface area contributed by atoms with Crippen molar-refractivity contribution in [2.24, 2.45) is 5.92 Å². The molecule has 0 saturated heterocycles. The zero-order chi connectivity index (χ0) is 13.5. The normalized spacial score (nSPS) is 16.5. The van der Waals surface area contributed by atoms with Crippen molar-refractivity contribution in [1.29, 1.82) is 0 Å². The highest BCUT2D eigenvalue weighted by Gasteiger charge is 2.21. The number of nitrogens with one attached hydrogen (secondary N) is 1. The maximum atomic E-state index is 9.75. The Kier molecular flexibility index (Phi) is 5.83. The van der Waals surface area contributed by atoms with Crippen LogP contribution >= 0.6 is 0 Å². The summed E-state index contributed by atoms with van der Waals surface area (Å²) in [5.74, 6) is 0.765. The third-order valence-electron chi connectivity index (χ3n) is 3.57. The molecule has 1 unspecified atom stereocenters. The monoisotopic (exact) mass is 263 g/mol. The Morgan fingerprint density at radius 3 is 2.89 bits per heavy atom. The highest BCUT2D eigenvalue weighted by atomic mass is 16.5. The quantitative estimate of drug-likeness (QED) is 0.669. The predicted octanol–water partition coefficient (Wildman–Crippen LogP) is 1.91. The van der Waals surface area contributed by atoms with Crippen LogP contribution in [0.5, 0.6) is 0 Å². The Morgan fingerprint density at radius 1 is 1.37 bits per heavy atom. The molecular weight excluding hydrogens is 238 g/mol. The predicted molar refractivity (Wildman–Crippen MR) is 77.3 cm³/mol. The summed E-state index contributed by atoms with van der Waals surface area (Å²) >= 11 is 0. The summed E-state index contributed by atoms with van der Waals surface area (Å²) in [6, 6.07) is 8.43. The lowest BCUT2D eigenvalue weighted by molar-refractivity contribution is 0.0327. The van der Waals surface area contributed by atoms with E-state index in [0.29, 0.717) is 13.2 Å². The van der Waals surface area contributed by atoms with E-state index >= 15 is 0 Å². The SMILES string of the molecule is Cc1ccccc1CCNCC(O)COCC1CC1. The average molecular weight is 263 g/mol. The third-order valence-corrected chi connectivity index (χ3v) is 3.57. The molecule has 0 bridgehead atoms. The van der Waals surface area contributed by atoms with Gasteiger partial charge in [0.05, 0.1) is 12.7 Å². The van der Waals surface area contributed by atoms with Crippen LogP contribution in [-0.4, -0.2) is 37.5 Å². The maximum Gasteiger partial charge on any atom is 0.0897 e. The number of benzene rings is 1. The van der Waals surface area contributed by atoms with Gasteiger partial charge in [-0.3, -0.25) is 0 Å². The van der Waals surface area contributed by atoms with Crippen molar-refractivity contribution in [2.75, 3.05) is 26.3 Å². The smallest absolute Gasteiger partial charge is 0.0897 e. The second-order valence-corrected chi connectivity index (χ2v) is 5.52. The van der Waals surface area contributed by atoms with E-state index in [0.717, 1.165) is 25.5 Å². The van der Waals surface area contributed by atoms with Gasteiger partial charge in [0.1, 0.15) is 0 Å². The van der Waals surface area contributed by atoms with E-state index in [1.165, 1.54) is 24.0 Å². The van der Waals surface area contributed by atoms with E-state index in [2.05, 4.69) is 36.5 Å². The number of aryl methyl sites for hydroxylation is 1. The molecule has 3 heteroatoms. The van der Waals surface area contributed by atoms with Crippen LogP contribution in [0.1, 0.15) is 24.0 Å². The third kappa shape index (κ3) is 5.72. The molecule has 0 radical (unpaired) electrons. The van der Waals surface area contributed by atoms with Gasteiger partial charge in [0.25, 0.3) is 0 Å². The van der Waals surface area contributed by atoms with Gasteiger partial charge < -0.3 is 15.2 Å². The summed E-state index contributed by atoms with van der Waals surface area (Å²) < 4.78 is 5.46. The van der Waals surface area contributed by atoms with Gasteiger partial charge in [0.2, 0.25) is 0 Å². The topological polar surface area (TPSA) is 41.5 Å². The van der Waals surface area contributed by atoms with E-state index in [-0.39, 0.29) is 0 Å². The van der Waals surface area contributed by atoms with E-state index in [4.69, 9.17) is 4.74 Å². The van der Waals surface area contributed by atoms with Gasteiger partial charge in [-0.05, 0) is 49.8 Å². The molecule has 2 N–H and O–H groups in total. The summed E-state index contributed by atoms with van der Waals surface area (Å²) in [6.45, 7) is 4.91. The van der Waals surface area contributed by atoms with Crippen LogP contribution in [0.25, 0.3) is 0 Å². The lowest BCUT2D eigenvalue weighted by Gasteiger charge is -2.12. The van der Waals surface area contributed by atoms with Gasteiger partial charge >= 0.3 is 0 Å². The van der Waals surface area contributed by atoms with Gasteiger partial charge in [-0.2, -0.15) is 0 Å². The molecule has 0 aliphatic heterocycles. The minimum Gasteiger partial charge on any atom is -0.389 e. The Hall–Kier alpha value is -0.900. The molecule has 1 saturated carbocycles. The van der Waals surface area contributed by atoms with Crippen molar-refractivity contribution in [3.63, 3.8) is 0 Å². The first-order valence-electron chi connectivity index (χ1n) is 7.26. The average Bonchev–Trinajstić information content (AvgIpc) is 3.21. The first-order valence-corrected chi connectivity index (χ1v) is 7.26. The molecule has 0 aromatic heterocycles. The van der Waals surface area contributed by atoms with Gasteiger partial charge in [-0.25, -0.2) is 0 Å². The molecule has 1 aliphatic rings. The van der Waals surface area contributed by atoms with Crippen LogP contribution in [-0.2, 0) is 11.2 Å². The first-order chi connectivity index (χ1) is 9.25. The van der Waals surface area contributed by atoms with Gasteiger partial charge in [-0.1, -0.05) is 24.3 Å². The number of rotatable bonds is 9. The number of aliphatic hydroxyl groups is 1. The second-order valence-electron chi connectivity index (χ2n) is 5.52. The van der Waals surface area contributed by atoms with Crippen molar-refractivity contribution < 1.29 is 9.84 Å². The van der Waals surface area contributed by atoms with Crippen LogP contribution < -0.4 is 5.32 Å². The van der Waals surface area contributed by atoms with Crippen molar-refractivity contribution in [1.82, 2.24) is 5.32 Å².